The van der Waals surface area contributed by atoms with Gasteiger partial charge in [0.1, 0.15) is 0 Å². The van der Waals surface area contributed by atoms with Crippen molar-refractivity contribution in [1.29, 1.82) is 0 Å². The maximum atomic E-state index is 12.6. The van der Waals surface area contributed by atoms with Gasteiger partial charge in [0, 0.05) is 12.6 Å². The minimum Gasteiger partial charge on any atom is -0.291 e. The van der Waals surface area contributed by atoms with Gasteiger partial charge in [-0.3, -0.25) is 10.1 Å². The van der Waals surface area contributed by atoms with Crippen molar-refractivity contribution in [3.05, 3.63) is 40.2 Å². The SMILES string of the molecule is Cc1cc(C)c(C)c(C(=O)Nc2nc(C(F)(F)F)nn2C)c1. The number of hydrogen-bond acceptors (Lipinski definition) is 3. The van der Waals surface area contributed by atoms with E-state index >= 15 is 0 Å². The Labute approximate surface area is 125 Å². The molecule has 0 saturated carbocycles. The van der Waals surface area contributed by atoms with Gasteiger partial charge in [-0.05, 0) is 38.0 Å². The molecule has 0 bridgehead atoms. The number of nitrogens with zero attached hydrogens (tertiary/aromatic N) is 3. The number of aryl methyl sites for hydroxylation is 3. The monoisotopic (exact) mass is 312 g/mol. The van der Waals surface area contributed by atoms with E-state index in [1.165, 1.54) is 7.05 Å². The minimum atomic E-state index is -4.66. The number of alkyl halides is 3. The molecule has 1 aromatic heterocycles. The molecule has 0 aliphatic heterocycles. The van der Waals surface area contributed by atoms with Gasteiger partial charge >= 0.3 is 6.18 Å². The second-order valence-corrected chi connectivity index (χ2v) is 5.09. The van der Waals surface area contributed by atoms with Gasteiger partial charge in [0.25, 0.3) is 11.7 Å². The quantitative estimate of drug-likeness (QED) is 0.927. The number of carbonyl (C=O) groups is 1. The predicted octanol–water partition coefficient (Wildman–Crippen LogP) is 3.01. The summed E-state index contributed by atoms with van der Waals surface area (Å²) in [4.78, 5) is 15.6. The number of carbonyl (C=O) groups excluding carboxylic acids is 1. The number of halogens is 3. The Hall–Kier alpha value is -2.38. The van der Waals surface area contributed by atoms with Gasteiger partial charge in [-0.2, -0.15) is 18.2 Å². The van der Waals surface area contributed by atoms with Crippen molar-refractivity contribution in [1.82, 2.24) is 14.8 Å². The lowest BCUT2D eigenvalue weighted by Gasteiger charge is -2.10. The average Bonchev–Trinajstić information content (AvgIpc) is 2.75. The average molecular weight is 312 g/mol. The third kappa shape index (κ3) is 3.10. The van der Waals surface area contributed by atoms with E-state index in [2.05, 4.69) is 15.4 Å². The van der Waals surface area contributed by atoms with Gasteiger partial charge in [0.05, 0.1) is 0 Å². The highest BCUT2D eigenvalue weighted by atomic mass is 19.4. The molecule has 8 heteroatoms. The number of rotatable bonds is 2. The molecule has 0 saturated heterocycles. The van der Waals surface area contributed by atoms with E-state index in [-0.39, 0.29) is 5.95 Å². The molecule has 22 heavy (non-hydrogen) atoms. The molecule has 0 spiro atoms. The van der Waals surface area contributed by atoms with Crippen LogP contribution in [0.2, 0.25) is 0 Å². The standard InChI is InChI=1S/C14H15F3N4O/c1-7-5-8(2)9(3)10(6-7)11(22)18-13-19-12(14(15,16)17)20-21(13)4/h5-6H,1-4H3,(H,18,19,20,22). The van der Waals surface area contributed by atoms with Crippen molar-refractivity contribution in [2.45, 2.75) is 26.9 Å². The van der Waals surface area contributed by atoms with Gasteiger partial charge in [-0.25, -0.2) is 4.68 Å². The first-order chi connectivity index (χ1) is 10.1. The van der Waals surface area contributed by atoms with E-state index in [0.717, 1.165) is 21.4 Å². The summed E-state index contributed by atoms with van der Waals surface area (Å²) in [5, 5.41) is 5.62. The van der Waals surface area contributed by atoms with Crippen LogP contribution in [0.4, 0.5) is 19.1 Å². The molecule has 0 aliphatic carbocycles. The third-order valence-corrected chi connectivity index (χ3v) is 3.30. The molecule has 1 N–H and O–H groups in total. The maximum absolute atomic E-state index is 12.6. The number of nitrogens with one attached hydrogen (secondary N) is 1. The number of hydrogen-bond donors (Lipinski definition) is 1. The van der Waals surface area contributed by atoms with Crippen LogP contribution in [0.15, 0.2) is 12.1 Å². The number of aromatic nitrogens is 3. The Morgan fingerprint density at radius 1 is 1.23 bits per heavy atom. The fourth-order valence-electron chi connectivity index (χ4n) is 2.06. The Balaban J connectivity index is 2.32. The van der Waals surface area contributed by atoms with Gasteiger partial charge < -0.3 is 0 Å². The molecule has 118 valence electrons. The molecule has 0 aliphatic rings. The Morgan fingerprint density at radius 3 is 2.41 bits per heavy atom. The van der Waals surface area contributed by atoms with Crippen molar-refractivity contribution in [2.24, 2.45) is 7.05 Å². The molecule has 2 rings (SSSR count). The molecule has 1 aromatic carbocycles. The normalized spacial score (nSPS) is 11.6. The number of benzene rings is 1. The fourth-order valence-corrected chi connectivity index (χ4v) is 2.06. The Bertz CT molecular complexity index is 734. The van der Waals surface area contributed by atoms with E-state index in [1.54, 1.807) is 13.0 Å². The highest BCUT2D eigenvalue weighted by molar-refractivity contribution is 6.04. The van der Waals surface area contributed by atoms with E-state index in [0.29, 0.717) is 5.56 Å². The van der Waals surface area contributed by atoms with Crippen LogP contribution in [0.1, 0.15) is 32.9 Å². The zero-order valence-corrected chi connectivity index (χ0v) is 12.5. The Kier molecular flexibility index (Phi) is 3.95. The van der Waals surface area contributed by atoms with Crippen LogP contribution in [0.5, 0.6) is 0 Å². The zero-order valence-electron chi connectivity index (χ0n) is 12.5. The van der Waals surface area contributed by atoms with Gasteiger partial charge in [-0.1, -0.05) is 11.6 Å². The molecule has 0 atom stereocenters. The van der Waals surface area contributed by atoms with E-state index in [1.807, 2.05) is 19.9 Å². The first kappa shape index (κ1) is 16.0. The summed E-state index contributed by atoms with van der Waals surface area (Å²) in [6.07, 6.45) is -4.66. The molecule has 1 heterocycles. The summed E-state index contributed by atoms with van der Waals surface area (Å²) in [6, 6.07) is 3.61. The van der Waals surface area contributed by atoms with E-state index in [9.17, 15) is 18.0 Å². The Morgan fingerprint density at radius 2 is 1.86 bits per heavy atom. The highest BCUT2D eigenvalue weighted by Gasteiger charge is 2.37. The molecule has 5 nitrogen and oxygen atoms in total. The van der Waals surface area contributed by atoms with Crippen LogP contribution < -0.4 is 5.32 Å². The highest BCUT2D eigenvalue weighted by Crippen LogP contribution is 2.27. The number of amides is 1. The van der Waals surface area contributed by atoms with Crippen LogP contribution in [-0.4, -0.2) is 20.7 Å². The molecular weight excluding hydrogens is 297 g/mol. The summed E-state index contributed by atoms with van der Waals surface area (Å²) in [7, 11) is 1.28. The molecule has 1 amide bonds. The van der Waals surface area contributed by atoms with E-state index in [4.69, 9.17) is 0 Å². The molecule has 2 aromatic rings. The third-order valence-electron chi connectivity index (χ3n) is 3.30. The van der Waals surface area contributed by atoms with Crippen LogP contribution in [0, 0.1) is 20.8 Å². The molecular formula is C14H15F3N4O. The van der Waals surface area contributed by atoms with Crippen molar-refractivity contribution in [3.63, 3.8) is 0 Å². The second kappa shape index (κ2) is 5.43. The van der Waals surface area contributed by atoms with Crippen molar-refractivity contribution in [2.75, 3.05) is 5.32 Å². The zero-order chi connectivity index (χ0) is 16.7. The van der Waals surface area contributed by atoms with E-state index < -0.39 is 17.9 Å². The van der Waals surface area contributed by atoms with Crippen LogP contribution in [0.25, 0.3) is 0 Å². The van der Waals surface area contributed by atoms with Crippen LogP contribution in [-0.2, 0) is 13.2 Å². The molecule has 0 fully saturated rings. The first-order valence-electron chi connectivity index (χ1n) is 6.47. The lowest BCUT2D eigenvalue weighted by Crippen LogP contribution is -2.17. The summed E-state index contributed by atoms with van der Waals surface area (Å²) in [6.45, 7) is 5.48. The molecule has 0 unspecified atom stereocenters. The molecule has 0 radical (unpaired) electrons. The summed E-state index contributed by atoms with van der Waals surface area (Å²) >= 11 is 0. The maximum Gasteiger partial charge on any atom is 0.453 e. The first-order valence-corrected chi connectivity index (χ1v) is 6.47. The van der Waals surface area contributed by atoms with Crippen LogP contribution in [0.3, 0.4) is 0 Å². The second-order valence-electron chi connectivity index (χ2n) is 5.09. The fraction of sp³-hybridized carbons (Fsp3) is 0.357. The summed E-state index contributed by atoms with van der Waals surface area (Å²) in [5.41, 5.74) is 2.98. The summed E-state index contributed by atoms with van der Waals surface area (Å²) in [5.74, 6) is -2.06. The topological polar surface area (TPSA) is 59.8 Å². The smallest absolute Gasteiger partial charge is 0.291 e. The lowest BCUT2D eigenvalue weighted by atomic mass is 10.00. The largest absolute Gasteiger partial charge is 0.453 e. The van der Waals surface area contributed by atoms with Crippen LogP contribution >= 0.6 is 0 Å². The summed E-state index contributed by atoms with van der Waals surface area (Å²) < 4.78 is 38.6. The van der Waals surface area contributed by atoms with Gasteiger partial charge in [0.15, 0.2) is 0 Å². The van der Waals surface area contributed by atoms with Gasteiger partial charge in [-0.15, -0.1) is 5.10 Å². The predicted molar refractivity (Wildman–Crippen MR) is 74.6 cm³/mol. The lowest BCUT2D eigenvalue weighted by molar-refractivity contribution is -0.144. The minimum absolute atomic E-state index is 0.254. The van der Waals surface area contributed by atoms with Gasteiger partial charge in [0.2, 0.25) is 5.95 Å². The van der Waals surface area contributed by atoms with Crippen molar-refractivity contribution < 1.29 is 18.0 Å². The number of anilines is 1. The van der Waals surface area contributed by atoms with Crippen molar-refractivity contribution in [3.8, 4) is 0 Å². The van der Waals surface area contributed by atoms with Crippen molar-refractivity contribution >= 4 is 11.9 Å².